The fourth-order valence-electron chi connectivity index (χ4n) is 3.71. The lowest BCUT2D eigenvalue weighted by molar-refractivity contribution is 0.0672. The highest BCUT2D eigenvalue weighted by molar-refractivity contribution is 8.00. The van der Waals surface area contributed by atoms with Crippen molar-refractivity contribution in [2.45, 2.75) is 19.9 Å². The predicted octanol–water partition coefficient (Wildman–Crippen LogP) is 6.42. The Morgan fingerprint density at radius 1 is 1.03 bits per heavy atom. The van der Waals surface area contributed by atoms with Gasteiger partial charge < -0.3 is 14.1 Å². The van der Waals surface area contributed by atoms with Gasteiger partial charge in [0.15, 0.2) is 0 Å². The molecule has 4 nitrogen and oxygen atoms in total. The third-order valence-corrected chi connectivity index (χ3v) is 7.02. The Morgan fingerprint density at radius 2 is 1.67 bits per heavy atom. The standard InChI is InChI=1S/C27H32ClN3OS/c1-4-7-25(6-3)29-16-18-30(19-17-29)27(32)23-10-14-26(15-11-23)31(33-20-5-2)21-22-8-12-24(28)13-9-22/h4,6-15H,1,3,5,16-21H2,2H3/b25-7+. The molecule has 0 aliphatic carbocycles. The fraction of sp³-hybridized carbons (Fsp3) is 0.296. The second-order valence-electron chi connectivity index (χ2n) is 7.85. The van der Waals surface area contributed by atoms with E-state index in [0.717, 1.165) is 53.8 Å². The number of piperazine rings is 1. The molecule has 0 saturated carbocycles. The number of allylic oxidation sites excluding steroid dienone is 3. The van der Waals surface area contributed by atoms with Crippen molar-refractivity contribution in [2.24, 2.45) is 0 Å². The topological polar surface area (TPSA) is 26.8 Å². The van der Waals surface area contributed by atoms with Crippen molar-refractivity contribution in [3.63, 3.8) is 0 Å². The average molecular weight is 482 g/mol. The Hall–Kier alpha value is -2.63. The largest absolute Gasteiger partial charge is 0.368 e. The summed E-state index contributed by atoms with van der Waals surface area (Å²) in [5.74, 6) is 1.12. The molecule has 2 aromatic rings. The summed E-state index contributed by atoms with van der Waals surface area (Å²) in [4.78, 5) is 17.2. The van der Waals surface area contributed by atoms with Crippen molar-refractivity contribution in [1.29, 1.82) is 0 Å². The Labute approximate surface area is 207 Å². The van der Waals surface area contributed by atoms with Crippen molar-refractivity contribution < 1.29 is 4.79 Å². The maximum Gasteiger partial charge on any atom is 0.253 e. The van der Waals surface area contributed by atoms with E-state index in [0.29, 0.717) is 13.1 Å². The molecule has 0 N–H and O–H groups in total. The minimum absolute atomic E-state index is 0.0829. The third kappa shape index (κ3) is 6.92. The maximum atomic E-state index is 13.1. The van der Waals surface area contributed by atoms with Gasteiger partial charge in [-0.1, -0.05) is 49.9 Å². The summed E-state index contributed by atoms with van der Waals surface area (Å²) in [6, 6.07) is 15.9. The molecular formula is C27H32ClN3OS. The van der Waals surface area contributed by atoms with Gasteiger partial charge in [-0.15, -0.1) is 0 Å². The minimum atomic E-state index is 0.0829. The monoisotopic (exact) mass is 481 g/mol. The lowest BCUT2D eigenvalue weighted by Gasteiger charge is -2.36. The van der Waals surface area contributed by atoms with Crippen LogP contribution in [0.1, 0.15) is 29.3 Å². The molecule has 1 amide bonds. The molecule has 0 aromatic heterocycles. The lowest BCUT2D eigenvalue weighted by Crippen LogP contribution is -2.48. The van der Waals surface area contributed by atoms with Crippen LogP contribution in [0.5, 0.6) is 0 Å². The summed E-state index contributed by atoms with van der Waals surface area (Å²) in [5, 5.41) is 0.743. The molecule has 1 heterocycles. The quantitative estimate of drug-likeness (QED) is 0.289. The number of halogens is 1. The first-order chi connectivity index (χ1) is 16.0. The van der Waals surface area contributed by atoms with Gasteiger partial charge in [0.05, 0.1) is 6.54 Å². The number of amides is 1. The van der Waals surface area contributed by atoms with Crippen LogP contribution >= 0.6 is 23.5 Å². The van der Waals surface area contributed by atoms with Crippen molar-refractivity contribution >= 4 is 35.1 Å². The zero-order valence-corrected chi connectivity index (χ0v) is 20.8. The van der Waals surface area contributed by atoms with E-state index in [1.807, 2.05) is 53.5 Å². The number of carbonyl (C=O) groups excluding carboxylic acids is 1. The highest BCUT2D eigenvalue weighted by atomic mass is 35.5. The SMILES string of the molecule is C=C/C=C(\C=C)N1CCN(C(=O)c2ccc(N(Cc3ccc(Cl)cc3)SCCC)cc2)CC1. The van der Waals surface area contributed by atoms with E-state index in [4.69, 9.17) is 11.6 Å². The van der Waals surface area contributed by atoms with Gasteiger partial charge in [0, 0.05) is 53.9 Å². The second-order valence-corrected chi connectivity index (χ2v) is 9.40. The molecule has 1 saturated heterocycles. The van der Waals surface area contributed by atoms with Crippen LogP contribution in [0.15, 0.2) is 85.6 Å². The number of carbonyl (C=O) groups is 1. The zero-order chi connectivity index (χ0) is 23.6. The summed E-state index contributed by atoms with van der Waals surface area (Å²) in [6.45, 7) is 13.6. The van der Waals surface area contributed by atoms with Gasteiger partial charge in [0.25, 0.3) is 5.91 Å². The predicted molar refractivity (Wildman–Crippen MR) is 143 cm³/mol. The Balaban J connectivity index is 1.65. The highest BCUT2D eigenvalue weighted by Gasteiger charge is 2.22. The molecule has 1 fully saturated rings. The summed E-state index contributed by atoms with van der Waals surface area (Å²) in [7, 11) is 0. The average Bonchev–Trinajstić information content (AvgIpc) is 2.86. The number of hydrogen-bond acceptors (Lipinski definition) is 4. The second kappa shape index (κ2) is 12.6. The molecule has 33 heavy (non-hydrogen) atoms. The number of rotatable bonds is 10. The molecule has 0 atom stereocenters. The van der Waals surface area contributed by atoms with Gasteiger partial charge in [0.1, 0.15) is 0 Å². The molecule has 1 aliphatic rings. The molecule has 0 bridgehead atoms. The molecule has 1 aliphatic heterocycles. The van der Waals surface area contributed by atoms with Crippen LogP contribution in [0.4, 0.5) is 5.69 Å². The molecule has 6 heteroatoms. The van der Waals surface area contributed by atoms with E-state index in [2.05, 4.69) is 41.4 Å². The van der Waals surface area contributed by atoms with E-state index in [9.17, 15) is 4.79 Å². The molecule has 3 rings (SSSR count). The van der Waals surface area contributed by atoms with Gasteiger partial charge in [-0.3, -0.25) is 4.79 Å². The van der Waals surface area contributed by atoms with Crippen LogP contribution < -0.4 is 4.31 Å². The summed E-state index contributed by atoms with van der Waals surface area (Å²) < 4.78 is 2.28. The molecular weight excluding hydrogens is 450 g/mol. The molecule has 2 aromatic carbocycles. The summed E-state index contributed by atoms with van der Waals surface area (Å²) in [5.41, 5.74) is 4.07. The van der Waals surface area contributed by atoms with Crippen LogP contribution in [-0.4, -0.2) is 47.6 Å². The Morgan fingerprint density at radius 3 is 2.24 bits per heavy atom. The molecule has 174 valence electrons. The smallest absolute Gasteiger partial charge is 0.253 e. The first-order valence-corrected chi connectivity index (χ1v) is 12.6. The van der Waals surface area contributed by atoms with Gasteiger partial charge in [-0.25, -0.2) is 0 Å². The van der Waals surface area contributed by atoms with Crippen molar-refractivity contribution in [3.05, 3.63) is 102 Å². The number of hydrogen-bond donors (Lipinski definition) is 0. The highest BCUT2D eigenvalue weighted by Crippen LogP contribution is 2.27. The van der Waals surface area contributed by atoms with Crippen LogP contribution in [0.2, 0.25) is 5.02 Å². The summed E-state index contributed by atoms with van der Waals surface area (Å²) in [6.07, 6.45) is 6.66. The molecule has 0 radical (unpaired) electrons. The van der Waals surface area contributed by atoms with Crippen LogP contribution in [-0.2, 0) is 6.54 Å². The normalized spacial score (nSPS) is 14.2. The zero-order valence-electron chi connectivity index (χ0n) is 19.3. The third-order valence-electron chi connectivity index (χ3n) is 5.52. The minimum Gasteiger partial charge on any atom is -0.368 e. The van der Waals surface area contributed by atoms with Gasteiger partial charge in [-0.2, -0.15) is 0 Å². The molecule has 0 unspecified atom stereocenters. The van der Waals surface area contributed by atoms with Gasteiger partial charge >= 0.3 is 0 Å². The number of anilines is 1. The summed E-state index contributed by atoms with van der Waals surface area (Å²) >= 11 is 7.84. The van der Waals surface area contributed by atoms with Gasteiger partial charge in [0.2, 0.25) is 0 Å². The first kappa shape index (κ1) is 25.0. The number of benzene rings is 2. The van der Waals surface area contributed by atoms with Crippen molar-refractivity contribution in [1.82, 2.24) is 9.80 Å². The van der Waals surface area contributed by atoms with Gasteiger partial charge in [-0.05, 0) is 72.5 Å². The Bertz CT molecular complexity index is 964. The van der Waals surface area contributed by atoms with E-state index in [1.54, 1.807) is 18.0 Å². The van der Waals surface area contributed by atoms with E-state index in [1.165, 1.54) is 5.56 Å². The van der Waals surface area contributed by atoms with E-state index < -0.39 is 0 Å². The van der Waals surface area contributed by atoms with E-state index >= 15 is 0 Å². The van der Waals surface area contributed by atoms with Crippen LogP contribution in [0, 0.1) is 0 Å². The number of nitrogens with zero attached hydrogens (tertiary/aromatic N) is 3. The Kier molecular flexibility index (Phi) is 9.52. The van der Waals surface area contributed by atoms with Crippen molar-refractivity contribution in [3.8, 4) is 0 Å². The van der Waals surface area contributed by atoms with Crippen LogP contribution in [0.25, 0.3) is 0 Å². The maximum absolute atomic E-state index is 13.1. The van der Waals surface area contributed by atoms with Crippen molar-refractivity contribution in [2.75, 3.05) is 36.2 Å². The lowest BCUT2D eigenvalue weighted by atomic mass is 10.1. The van der Waals surface area contributed by atoms with Crippen LogP contribution in [0.3, 0.4) is 0 Å². The van der Waals surface area contributed by atoms with E-state index in [-0.39, 0.29) is 5.91 Å². The molecule has 0 spiro atoms. The fourth-order valence-corrected chi connectivity index (χ4v) is 4.75. The first-order valence-electron chi connectivity index (χ1n) is 11.3.